The smallest absolute Gasteiger partial charge is 0.253 e. The van der Waals surface area contributed by atoms with Gasteiger partial charge in [0.2, 0.25) is 11.8 Å². The van der Waals surface area contributed by atoms with Gasteiger partial charge in [-0.25, -0.2) is 33.1 Å². The Morgan fingerprint density at radius 1 is 1.24 bits per heavy atom. The van der Waals surface area contributed by atoms with Crippen LogP contribution in [0.15, 0.2) is 58.5 Å². The second-order valence-electron chi connectivity index (χ2n) is 8.98. The molecule has 13 heteroatoms. The SMILES string of the molecule is C[C@]1(c2cc(Nc3nccc4nc(OCc5ncco5)cnc34)ccc2F)N=C(N)S[C@@]2(C(F)F)C[C@@H]12. The van der Waals surface area contributed by atoms with E-state index in [0.717, 1.165) is 11.8 Å². The number of nitrogens with two attached hydrogens (primary N) is 1. The van der Waals surface area contributed by atoms with Crippen LogP contribution in [0.2, 0.25) is 0 Å². The van der Waals surface area contributed by atoms with Crippen molar-refractivity contribution in [3.8, 4) is 5.88 Å². The summed E-state index contributed by atoms with van der Waals surface area (Å²) >= 11 is 0.881. The topological polar surface area (TPSA) is 124 Å². The molecule has 6 rings (SSSR count). The summed E-state index contributed by atoms with van der Waals surface area (Å²) < 4.78 is 52.2. The van der Waals surface area contributed by atoms with E-state index in [2.05, 4.69) is 30.2 Å². The molecule has 4 aromatic rings. The molecular formula is C24H20F3N7O2S. The van der Waals surface area contributed by atoms with Gasteiger partial charge in [0.25, 0.3) is 6.43 Å². The van der Waals surface area contributed by atoms with Crippen LogP contribution in [0.1, 0.15) is 24.8 Å². The second kappa shape index (κ2) is 8.61. The van der Waals surface area contributed by atoms with Gasteiger partial charge in [-0.3, -0.25) is 4.99 Å². The van der Waals surface area contributed by atoms with E-state index < -0.39 is 28.4 Å². The third-order valence-corrected chi connectivity index (χ3v) is 7.99. The Bertz CT molecular complexity index is 1520. The van der Waals surface area contributed by atoms with Crippen molar-refractivity contribution >= 4 is 39.5 Å². The third-order valence-electron chi connectivity index (χ3n) is 6.68. The summed E-state index contributed by atoms with van der Waals surface area (Å²) in [6.07, 6.45) is 3.57. The molecule has 0 radical (unpaired) electrons. The van der Waals surface area contributed by atoms with Gasteiger partial charge in [-0.2, -0.15) is 0 Å². The van der Waals surface area contributed by atoms with Crippen molar-refractivity contribution in [1.29, 1.82) is 0 Å². The molecule has 1 saturated carbocycles. The van der Waals surface area contributed by atoms with Crippen molar-refractivity contribution in [2.24, 2.45) is 16.6 Å². The molecular weight excluding hydrogens is 507 g/mol. The van der Waals surface area contributed by atoms with Gasteiger partial charge in [-0.05, 0) is 37.6 Å². The first-order valence-electron chi connectivity index (χ1n) is 11.3. The summed E-state index contributed by atoms with van der Waals surface area (Å²) in [5, 5.41) is 3.17. The number of aromatic nitrogens is 4. The maximum Gasteiger partial charge on any atom is 0.253 e. The fourth-order valence-electron chi connectivity index (χ4n) is 4.78. The maximum absolute atomic E-state index is 15.1. The third kappa shape index (κ3) is 4.02. The van der Waals surface area contributed by atoms with Crippen molar-refractivity contribution in [2.75, 3.05) is 5.32 Å². The number of anilines is 2. The molecule has 190 valence electrons. The molecule has 4 heterocycles. The average Bonchev–Trinajstić information content (AvgIpc) is 3.41. The van der Waals surface area contributed by atoms with Crippen LogP contribution in [-0.2, 0) is 12.1 Å². The monoisotopic (exact) mass is 527 g/mol. The molecule has 3 aromatic heterocycles. The first-order chi connectivity index (χ1) is 17.8. The minimum absolute atomic E-state index is 0.0289. The van der Waals surface area contributed by atoms with Crippen LogP contribution in [-0.4, -0.2) is 36.3 Å². The number of oxazole rings is 1. The zero-order valence-corrected chi connectivity index (χ0v) is 20.2. The fraction of sp³-hybridized carbons (Fsp3) is 0.292. The van der Waals surface area contributed by atoms with Crippen molar-refractivity contribution in [2.45, 2.75) is 36.7 Å². The van der Waals surface area contributed by atoms with Crippen LogP contribution in [0.3, 0.4) is 0 Å². The highest BCUT2D eigenvalue weighted by molar-refractivity contribution is 8.15. The molecule has 0 amide bonds. The number of thioether (sulfide) groups is 1. The normalized spacial score (nSPS) is 24.6. The van der Waals surface area contributed by atoms with E-state index in [4.69, 9.17) is 14.9 Å². The Kier molecular flexibility index (Phi) is 5.48. The second-order valence-corrected chi connectivity index (χ2v) is 10.4. The highest BCUT2D eigenvalue weighted by atomic mass is 32.2. The molecule has 3 N–H and O–H groups in total. The van der Waals surface area contributed by atoms with Crippen molar-refractivity contribution in [3.05, 3.63) is 66.4 Å². The summed E-state index contributed by atoms with van der Waals surface area (Å²) in [7, 11) is 0. The maximum atomic E-state index is 15.1. The van der Waals surface area contributed by atoms with Gasteiger partial charge in [0.05, 0.1) is 28.2 Å². The summed E-state index contributed by atoms with van der Waals surface area (Å²) in [5.74, 6) is -0.0390. The van der Waals surface area contributed by atoms with E-state index >= 15 is 4.39 Å². The quantitative estimate of drug-likeness (QED) is 0.349. The number of benzene rings is 1. The van der Waals surface area contributed by atoms with E-state index in [1.54, 1.807) is 25.3 Å². The molecule has 0 bridgehead atoms. The van der Waals surface area contributed by atoms with Crippen LogP contribution >= 0.6 is 11.8 Å². The van der Waals surface area contributed by atoms with Crippen molar-refractivity contribution in [1.82, 2.24) is 19.9 Å². The van der Waals surface area contributed by atoms with Gasteiger partial charge < -0.3 is 20.2 Å². The van der Waals surface area contributed by atoms with E-state index in [0.29, 0.717) is 28.4 Å². The molecule has 9 nitrogen and oxygen atoms in total. The Balaban J connectivity index is 1.29. The first kappa shape index (κ1) is 23.5. The van der Waals surface area contributed by atoms with Crippen LogP contribution in [0.4, 0.5) is 24.7 Å². The number of pyridine rings is 1. The molecule has 2 aliphatic rings. The number of nitrogens with zero attached hydrogens (tertiary/aromatic N) is 5. The summed E-state index contributed by atoms with van der Waals surface area (Å²) in [6.45, 7) is 1.75. The van der Waals surface area contributed by atoms with E-state index in [-0.39, 0.29) is 29.6 Å². The zero-order chi connectivity index (χ0) is 25.8. The lowest BCUT2D eigenvalue weighted by molar-refractivity contribution is 0.124. The Hall–Kier alpha value is -3.87. The predicted octanol–water partition coefficient (Wildman–Crippen LogP) is 4.78. The van der Waals surface area contributed by atoms with Crippen LogP contribution < -0.4 is 15.8 Å². The number of rotatable bonds is 7. The van der Waals surface area contributed by atoms with Gasteiger partial charge in [0.1, 0.15) is 17.6 Å². The summed E-state index contributed by atoms with van der Waals surface area (Å²) in [4.78, 5) is 21.6. The van der Waals surface area contributed by atoms with Gasteiger partial charge >= 0.3 is 0 Å². The Labute approximate surface area is 212 Å². The number of alkyl halides is 2. The highest BCUT2D eigenvalue weighted by Gasteiger charge is 2.71. The number of halogens is 3. The zero-order valence-electron chi connectivity index (χ0n) is 19.4. The molecule has 0 saturated heterocycles. The van der Waals surface area contributed by atoms with Gasteiger partial charge in [-0.15, -0.1) is 0 Å². The Morgan fingerprint density at radius 3 is 2.89 bits per heavy atom. The number of amidine groups is 1. The van der Waals surface area contributed by atoms with Crippen LogP contribution in [0, 0.1) is 11.7 Å². The predicted molar refractivity (Wildman–Crippen MR) is 131 cm³/mol. The van der Waals surface area contributed by atoms with Gasteiger partial charge in [0, 0.05) is 23.4 Å². The number of nitrogens with one attached hydrogen (secondary N) is 1. The molecule has 3 atom stereocenters. The lowest BCUT2D eigenvalue weighted by Gasteiger charge is -2.34. The minimum Gasteiger partial charge on any atom is -0.467 e. The first-order valence-corrected chi connectivity index (χ1v) is 12.1. The molecule has 0 spiro atoms. The molecule has 0 unspecified atom stereocenters. The number of ether oxygens (including phenoxy) is 1. The Morgan fingerprint density at radius 2 is 2.11 bits per heavy atom. The number of fused-ring (bicyclic) bond motifs is 2. The highest BCUT2D eigenvalue weighted by Crippen LogP contribution is 2.68. The number of aliphatic imine (C=N–C) groups is 1. The van der Waals surface area contributed by atoms with E-state index in [1.807, 2.05) is 0 Å². The largest absolute Gasteiger partial charge is 0.467 e. The minimum atomic E-state index is -2.59. The van der Waals surface area contributed by atoms with Crippen LogP contribution in [0.5, 0.6) is 5.88 Å². The summed E-state index contributed by atoms with van der Waals surface area (Å²) in [6, 6.07) is 6.03. The van der Waals surface area contributed by atoms with E-state index in [9.17, 15) is 8.78 Å². The van der Waals surface area contributed by atoms with Crippen molar-refractivity contribution < 1.29 is 22.3 Å². The van der Waals surface area contributed by atoms with Crippen molar-refractivity contribution in [3.63, 3.8) is 0 Å². The number of hydrogen-bond acceptors (Lipinski definition) is 10. The fourth-order valence-corrected chi connectivity index (χ4v) is 6.12. The summed E-state index contributed by atoms with van der Waals surface area (Å²) in [5.41, 5.74) is 6.33. The standard InChI is InChI=1S/C24H20F3N7O2S/c1-23(16-9-24(16,21(26)27)37-22(28)34-23)13-8-12(2-3-14(13)25)32-20-19-15(4-5-30-20)33-17(10-31-19)36-11-18-29-6-7-35-18/h2-8,10,16,21H,9,11H2,1H3,(H2,28,34)(H,30,32)/t16-,23+,24-/m0/s1. The van der Waals surface area contributed by atoms with Gasteiger partial charge in [-0.1, -0.05) is 11.8 Å². The molecule has 1 aliphatic heterocycles. The molecule has 1 aromatic carbocycles. The lowest BCUT2D eigenvalue weighted by Crippen LogP contribution is -2.38. The molecule has 37 heavy (non-hydrogen) atoms. The van der Waals surface area contributed by atoms with Crippen LogP contribution in [0.25, 0.3) is 11.0 Å². The average molecular weight is 528 g/mol. The van der Waals surface area contributed by atoms with Gasteiger partial charge in [0.15, 0.2) is 17.6 Å². The molecule has 1 fully saturated rings. The number of hydrogen-bond donors (Lipinski definition) is 2. The lowest BCUT2D eigenvalue weighted by atomic mass is 9.85. The molecule has 1 aliphatic carbocycles. The van der Waals surface area contributed by atoms with E-state index in [1.165, 1.54) is 30.8 Å².